The molecular weight excluding hydrogens is 364 g/mol. The highest BCUT2D eigenvalue weighted by atomic mass is 79.9. The minimum atomic E-state index is -0.786. The van der Waals surface area contributed by atoms with Gasteiger partial charge < -0.3 is 14.6 Å². The van der Waals surface area contributed by atoms with Crippen LogP contribution in [-0.2, 0) is 0 Å². The number of hydrogen-bond donors (Lipinski definition) is 1. The summed E-state index contributed by atoms with van der Waals surface area (Å²) in [4.78, 5) is 0.738. The number of aliphatic hydroxyl groups excluding tert-OH is 1. The molecule has 1 unspecified atom stereocenters. The molecule has 0 amide bonds. The lowest BCUT2D eigenvalue weighted by atomic mass is 10.1. The quantitative estimate of drug-likeness (QED) is 0.849. The Morgan fingerprint density at radius 2 is 1.95 bits per heavy atom. The van der Waals surface area contributed by atoms with Crippen LogP contribution in [0.5, 0.6) is 11.5 Å². The molecule has 6 heteroatoms. The van der Waals surface area contributed by atoms with Gasteiger partial charge in [0.25, 0.3) is 0 Å². The maximum Gasteiger partial charge on any atom is 0.162 e. The first-order chi connectivity index (χ1) is 9.58. The Hall–Kier alpha value is -0.750. The van der Waals surface area contributed by atoms with Crippen LogP contribution in [0.4, 0.5) is 0 Å². The summed E-state index contributed by atoms with van der Waals surface area (Å²) >= 11 is 11.1. The van der Waals surface area contributed by atoms with Gasteiger partial charge in [-0.25, -0.2) is 0 Å². The van der Waals surface area contributed by atoms with Crippen molar-refractivity contribution in [2.24, 2.45) is 0 Å². The van der Waals surface area contributed by atoms with Crippen molar-refractivity contribution in [2.75, 3.05) is 13.2 Å². The van der Waals surface area contributed by atoms with E-state index in [0.29, 0.717) is 29.7 Å². The van der Waals surface area contributed by atoms with Crippen LogP contribution in [0.2, 0.25) is 5.02 Å². The van der Waals surface area contributed by atoms with Crippen LogP contribution in [0.1, 0.15) is 22.1 Å². The van der Waals surface area contributed by atoms with E-state index in [1.54, 1.807) is 6.07 Å². The predicted molar refractivity (Wildman–Crippen MR) is 83.3 cm³/mol. The van der Waals surface area contributed by atoms with Gasteiger partial charge in [0, 0.05) is 10.0 Å². The topological polar surface area (TPSA) is 38.7 Å². The van der Waals surface area contributed by atoms with Crippen LogP contribution in [0.25, 0.3) is 0 Å². The van der Waals surface area contributed by atoms with E-state index < -0.39 is 6.10 Å². The van der Waals surface area contributed by atoms with Crippen LogP contribution in [-0.4, -0.2) is 18.3 Å². The molecule has 1 aromatic carbocycles. The first-order valence-corrected chi connectivity index (χ1v) is 8.13. The molecule has 3 rings (SSSR count). The van der Waals surface area contributed by atoms with Crippen LogP contribution < -0.4 is 9.47 Å². The van der Waals surface area contributed by atoms with Gasteiger partial charge in [-0.1, -0.05) is 27.5 Å². The van der Waals surface area contributed by atoms with E-state index in [-0.39, 0.29) is 0 Å². The predicted octanol–water partition coefficient (Wildman–Crippen LogP) is 4.33. The average Bonchev–Trinajstić information content (AvgIpc) is 2.77. The van der Waals surface area contributed by atoms with E-state index in [1.165, 1.54) is 11.3 Å². The van der Waals surface area contributed by atoms with Gasteiger partial charge in [0.1, 0.15) is 19.3 Å². The molecule has 1 atom stereocenters. The molecular formula is C14H12BrClO3S. The summed E-state index contributed by atoms with van der Waals surface area (Å²) in [5.41, 5.74) is 1.69. The van der Waals surface area contributed by atoms with Gasteiger partial charge in [-0.15, -0.1) is 11.3 Å². The fraction of sp³-hybridized carbons (Fsp3) is 0.286. The lowest BCUT2D eigenvalue weighted by Crippen LogP contribution is -2.16. The number of aliphatic hydroxyl groups is 1. The van der Waals surface area contributed by atoms with Crippen LogP contribution in [0.15, 0.2) is 22.0 Å². The zero-order valence-corrected chi connectivity index (χ0v) is 13.8. The number of benzene rings is 1. The molecule has 2 heterocycles. The molecule has 106 valence electrons. The number of halogens is 2. The molecule has 2 aromatic rings. The summed E-state index contributed by atoms with van der Waals surface area (Å²) in [7, 11) is 0. The number of ether oxygens (including phenoxy) is 2. The first kappa shape index (κ1) is 14.2. The number of aryl methyl sites for hydroxylation is 1. The molecule has 0 fully saturated rings. The van der Waals surface area contributed by atoms with Crippen molar-refractivity contribution in [1.29, 1.82) is 0 Å². The molecule has 0 radical (unpaired) electrons. The molecule has 20 heavy (non-hydrogen) atoms. The zero-order chi connectivity index (χ0) is 14.3. The molecule has 0 bridgehead atoms. The van der Waals surface area contributed by atoms with Gasteiger partial charge in [-0.05, 0) is 30.0 Å². The van der Waals surface area contributed by atoms with E-state index in [9.17, 15) is 5.11 Å². The maximum atomic E-state index is 10.6. The minimum absolute atomic E-state index is 0.517. The average molecular weight is 376 g/mol. The Morgan fingerprint density at radius 1 is 1.30 bits per heavy atom. The second-order valence-corrected chi connectivity index (χ2v) is 6.66. The smallest absolute Gasteiger partial charge is 0.162 e. The molecule has 1 aromatic heterocycles. The third kappa shape index (κ3) is 2.44. The Labute approximate surface area is 134 Å². The Kier molecular flexibility index (Phi) is 3.95. The van der Waals surface area contributed by atoms with Gasteiger partial charge in [0.05, 0.1) is 9.90 Å². The standard InChI is InChI=1S/C14H12BrClO3S/c1-7-6-20-14(12(7)16)13(17)8-4-10-11(5-9(8)15)19-3-2-18-10/h4-6,13,17H,2-3H2,1H3. The summed E-state index contributed by atoms with van der Waals surface area (Å²) in [6, 6.07) is 3.62. The summed E-state index contributed by atoms with van der Waals surface area (Å²) < 4.78 is 11.8. The normalized spacial score (nSPS) is 15.2. The second kappa shape index (κ2) is 5.56. The van der Waals surface area contributed by atoms with E-state index >= 15 is 0 Å². The lowest BCUT2D eigenvalue weighted by molar-refractivity contribution is 0.169. The van der Waals surface area contributed by atoms with Gasteiger partial charge in [-0.3, -0.25) is 0 Å². The Bertz CT molecular complexity index is 656. The first-order valence-electron chi connectivity index (χ1n) is 6.08. The highest BCUT2D eigenvalue weighted by Crippen LogP contribution is 2.42. The molecule has 0 spiro atoms. The summed E-state index contributed by atoms with van der Waals surface area (Å²) in [5.74, 6) is 1.34. The number of thiophene rings is 1. The summed E-state index contributed by atoms with van der Waals surface area (Å²) in [6.07, 6.45) is -0.786. The van der Waals surface area contributed by atoms with Gasteiger partial charge in [0.2, 0.25) is 0 Å². The fourth-order valence-electron chi connectivity index (χ4n) is 2.06. The molecule has 1 aliphatic heterocycles. The third-order valence-corrected chi connectivity index (χ3v) is 5.58. The van der Waals surface area contributed by atoms with Crippen LogP contribution in [0, 0.1) is 6.92 Å². The molecule has 1 N–H and O–H groups in total. The third-order valence-electron chi connectivity index (χ3n) is 3.13. The van der Waals surface area contributed by atoms with Crippen LogP contribution >= 0.6 is 38.9 Å². The van der Waals surface area contributed by atoms with Crippen molar-refractivity contribution >= 4 is 38.9 Å². The summed E-state index contributed by atoms with van der Waals surface area (Å²) in [5, 5.41) is 13.1. The molecule has 0 aliphatic carbocycles. The Morgan fingerprint density at radius 3 is 2.55 bits per heavy atom. The van der Waals surface area contributed by atoms with Crippen molar-refractivity contribution < 1.29 is 14.6 Å². The van der Waals surface area contributed by atoms with Gasteiger partial charge in [0.15, 0.2) is 11.5 Å². The van der Waals surface area contributed by atoms with Gasteiger partial charge in [-0.2, -0.15) is 0 Å². The second-order valence-electron chi connectivity index (χ2n) is 4.52. The van der Waals surface area contributed by atoms with E-state index in [1.807, 2.05) is 18.4 Å². The molecule has 0 saturated heterocycles. The SMILES string of the molecule is Cc1csc(C(O)c2cc3c(cc2Br)OCCO3)c1Cl. The molecule has 3 nitrogen and oxygen atoms in total. The fourth-order valence-corrected chi connectivity index (χ4v) is 3.90. The molecule has 0 saturated carbocycles. The van der Waals surface area contributed by atoms with Crippen molar-refractivity contribution in [3.63, 3.8) is 0 Å². The lowest BCUT2D eigenvalue weighted by Gasteiger charge is -2.21. The highest BCUT2D eigenvalue weighted by Gasteiger charge is 2.23. The Balaban J connectivity index is 2.03. The number of fused-ring (bicyclic) bond motifs is 1. The largest absolute Gasteiger partial charge is 0.486 e. The molecule has 1 aliphatic rings. The van der Waals surface area contributed by atoms with E-state index in [0.717, 1.165) is 20.5 Å². The number of rotatable bonds is 2. The maximum absolute atomic E-state index is 10.6. The number of hydrogen-bond acceptors (Lipinski definition) is 4. The highest BCUT2D eigenvalue weighted by molar-refractivity contribution is 9.10. The van der Waals surface area contributed by atoms with E-state index in [2.05, 4.69) is 15.9 Å². The van der Waals surface area contributed by atoms with Crippen molar-refractivity contribution in [1.82, 2.24) is 0 Å². The summed E-state index contributed by atoms with van der Waals surface area (Å²) in [6.45, 7) is 2.98. The van der Waals surface area contributed by atoms with Crippen LogP contribution in [0.3, 0.4) is 0 Å². The van der Waals surface area contributed by atoms with Crippen molar-refractivity contribution in [3.05, 3.63) is 43.0 Å². The van der Waals surface area contributed by atoms with Crippen molar-refractivity contribution in [3.8, 4) is 11.5 Å². The van der Waals surface area contributed by atoms with Crippen molar-refractivity contribution in [2.45, 2.75) is 13.0 Å². The monoisotopic (exact) mass is 374 g/mol. The minimum Gasteiger partial charge on any atom is -0.486 e. The van der Waals surface area contributed by atoms with E-state index in [4.69, 9.17) is 21.1 Å². The zero-order valence-electron chi connectivity index (χ0n) is 10.7. The van der Waals surface area contributed by atoms with Gasteiger partial charge >= 0.3 is 0 Å².